The number of ether oxygens (including phenoxy) is 1. The first-order chi connectivity index (χ1) is 28.5. The zero-order valence-electron chi connectivity index (χ0n) is 39.2. The van der Waals surface area contributed by atoms with Gasteiger partial charge in [-0.2, -0.15) is 0 Å². The molecule has 0 aliphatic rings. The van der Waals surface area contributed by atoms with E-state index in [2.05, 4.69) is 38.2 Å². The number of allylic oxidation sites excluding steroid dienone is 2. The van der Waals surface area contributed by atoms with Crippen LogP contribution in [0.5, 0.6) is 0 Å². The van der Waals surface area contributed by atoms with Gasteiger partial charge in [0.15, 0.2) is 0 Å². The van der Waals surface area contributed by atoms with Gasteiger partial charge in [-0.05, 0) is 44.9 Å². The van der Waals surface area contributed by atoms with Gasteiger partial charge in [0.05, 0.1) is 25.2 Å². The van der Waals surface area contributed by atoms with E-state index in [4.69, 9.17) is 4.74 Å². The van der Waals surface area contributed by atoms with Crippen LogP contribution < -0.4 is 5.32 Å². The standard InChI is InChI=1S/C52H101NO5/c1-4-7-10-13-16-19-22-25-27-29-32-35-38-41-44-50(55)49(47-54)53-51(56)46-48(43-40-37-34-31-28-24-21-18-15-12-9-6-3)58-52(57)45-42-39-36-33-30-26-23-20-17-14-11-8-5-2/h31,34,48-50,54-55H,4-30,32-33,35-47H2,1-3H3,(H,53,56)/b34-31-. The SMILES string of the molecule is CCCCCCCCC/C=C\CCCC(CC(=O)NC(CO)C(O)CCCCCCCCCCCCCCCC)OC(=O)CCCCCCCCCCCCCCC. The molecule has 0 aromatic rings. The lowest BCUT2D eigenvalue weighted by atomic mass is 10.0. The average molecular weight is 820 g/mol. The number of rotatable bonds is 47. The van der Waals surface area contributed by atoms with Crippen molar-refractivity contribution >= 4 is 11.9 Å². The van der Waals surface area contributed by atoms with Crippen LogP contribution in [0.1, 0.15) is 284 Å². The van der Waals surface area contributed by atoms with Gasteiger partial charge in [0.2, 0.25) is 5.91 Å². The summed E-state index contributed by atoms with van der Waals surface area (Å²) in [5.41, 5.74) is 0. The molecule has 1 amide bonds. The van der Waals surface area contributed by atoms with Crippen LogP contribution in [0, 0.1) is 0 Å². The summed E-state index contributed by atoms with van der Waals surface area (Å²) in [5, 5.41) is 23.8. The number of carbonyl (C=O) groups excluding carboxylic acids is 2. The van der Waals surface area contributed by atoms with E-state index in [1.165, 1.54) is 186 Å². The zero-order chi connectivity index (χ0) is 42.4. The molecule has 3 atom stereocenters. The molecule has 6 heteroatoms. The number of aliphatic hydroxyl groups excluding tert-OH is 2. The summed E-state index contributed by atoms with van der Waals surface area (Å²) in [7, 11) is 0. The monoisotopic (exact) mass is 820 g/mol. The van der Waals surface area contributed by atoms with Gasteiger partial charge in [0.1, 0.15) is 6.10 Å². The molecule has 6 nitrogen and oxygen atoms in total. The molecule has 58 heavy (non-hydrogen) atoms. The summed E-state index contributed by atoms with van der Waals surface area (Å²) in [5.74, 6) is -0.487. The van der Waals surface area contributed by atoms with E-state index in [-0.39, 0.29) is 24.9 Å². The number of nitrogens with one attached hydrogen (secondary N) is 1. The molecule has 0 aliphatic heterocycles. The second-order valence-electron chi connectivity index (χ2n) is 17.9. The Morgan fingerprint density at radius 1 is 0.483 bits per heavy atom. The van der Waals surface area contributed by atoms with Crippen molar-refractivity contribution in [3.63, 3.8) is 0 Å². The highest BCUT2D eigenvalue weighted by molar-refractivity contribution is 5.77. The fraction of sp³-hybridized carbons (Fsp3) is 0.923. The van der Waals surface area contributed by atoms with Crippen LogP contribution in [-0.2, 0) is 14.3 Å². The lowest BCUT2D eigenvalue weighted by Gasteiger charge is -2.24. The molecule has 0 spiro atoms. The highest BCUT2D eigenvalue weighted by Gasteiger charge is 2.24. The van der Waals surface area contributed by atoms with Crippen molar-refractivity contribution in [2.24, 2.45) is 0 Å². The van der Waals surface area contributed by atoms with E-state index >= 15 is 0 Å². The molecular formula is C52H101NO5. The summed E-state index contributed by atoms with van der Waals surface area (Å²) in [6.45, 7) is 6.49. The third-order valence-electron chi connectivity index (χ3n) is 12.1. The van der Waals surface area contributed by atoms with Gasteiger partial charge in [-0.25, -0.2) is 0 Å². The van der Waals surface area contributed by atoms with Crippen molar-refractivity contribution in [3.05, 3.63) is 12.2 Å². The molecule has 0 aromatic carbocycles. The first-order valence-corrected chi connectivity index (χ1v) is 25.9. The van der Waals surface area contributed by atoms with Crippen molar-refractivity contribution in [2.45, 2.75) is 302 Å². The number of esters is 1. The number of carbonyl (C=O) groups is 2. The third kappa shape index (κ3) is 41.3. The Kier molecular flexibility index (Phi) is 45.5. The molecule has 3 unspecified atom stereocenters. The van der Waals surface area contributed by atoms with Crippen LogP contribution in [0.25, 0.3) is 0 Å². The quantitative estimate of drug-likeness (QED) is 0.0323. The minimum Gasteiger partial charge on any atom is -0.462 e. The topological polar surface area (TPSA) is 95.9 Å². The molecule has 0 saturated carbocycles. The van der Waals surface area contributed by atoms with Gasteiger partial charge in [-0.1, -0.05) is 238 Å². The Labute approximate surface area is 361 Å². The van der Waals surface area contributed by atoms with Crippen molar-refractivity contribution in [1.29, 1.82) is 0 Å². The third-order valence-corrected chi connectivity index (χ3v) is 12.1. The molecule has 0 aromatic heterocycles. The maximum Gasteiger partial charge on any atom is 0.306 e. The van der Waals surface area contributed by atoms with Gasteiger partial charge >= 0.3 is 5.97 Å². The van der Waals surface area contributed by atoms with Crippen LogP contribution in [0.4, 0.5) is 0 Å². The van der Waals surface area contributed by atoms with Crippen molar-refractivity contribution in [1.82, 2.24) is 5.32 Å². The number of hydrogen-bond donors (Lipinski definition) is 3. The van der Waals surface area contributed by atoms with Gasteiger partial charge in [0.25, 0.3) is 0 Å². The smallest absolute Gasteiger partial charge is 0.306 e. The van der Waals surface area contributed by atoms with Crippen LogP contribution in [0.2, 0.25) is 0 Å². The van der Waals surface area contributed by atoms with Crippen LogP contribution >= 0.6 is 0 Å². The second kappa shape index (κ2) is 46.7. The molecule has 344 valence electrons. The van der Waals surface area contributed by atoms with Crippen molar-refractivity contribution in [2.75, 3.05) is 6.61 Å². The number of aliphatic hydroxyl groups is 2. The predicted octanol–water partition coefficient (Wildman–Crippen LogP) is 15.3. The largest absolute Gasteiger partial charge is 0.462 e. The van der Waals surface area contributed by atoms with Crippen LogP contribution in [-0.4, -0.2) is 46.9 Å². The molecule has 0 bridgehead atoms. The molecule has 0 saturated heterocycles. The maximum atomic E-state index is 13.2. The molecule has 0 rings (SSSR count). The van der Waals surface area contributed by atoms with Gasteiger partial charge in [-0.3, -0.25) is 9.59 Å². The minimum atomic E-state index is -0.788. The molecule has 0 heterocycles. The Hall–Kier alpha value is -1.40. The van der Waals surface area contributed by atoms with Crippen molar-refractivity contribution < 1.29 is 24.5 Å². The molecule has 0 fully saturated rings. The lowest BCUT2D eigenvalue weighted by Crippen LogP contribution is -2.46. The zero-order valence-corrected chi connectivity index (χ0v) is 39.2. The normalized spacial score (nSPS) is 13.3. The summed E-state index contributed by atoms with van der Waals surface area (Å²) in [6, 6.07) is -0.703. The molecule has 0 radical (unpaired) electrons. The summed E-state index contributed by atoms with van der Waals surface area (Å²) >= 11 is 0. The fourth-order valence-electron chi connectivity index (χ4n) is 8.14. The number of amides is 1. The number of hydrogen-bond acceptors (Lipinski definition) is 5. The van der Waals surface area contributed by atoms with E-state index < -0.39 is 18.2 Å². The molecule has 0 aliphatic carbocycles. The van der Waals surface area contributed by atoms with Gasteiger partial charge < -0.3 is 20.3 Å². The van der Waals surface area contributed by atoms with Crippen LogP contribution in [0.3, 0.4) is 0 Å². The van der Waals surface area contributed by atoms with E-state index in [0.717, 1.165) is 51.4 Å². The fourth-order valence-corrected chi connectivity index (χ4v) is 8.14. The van der Waals surface area contributed by atoms with Crippen molar-refractivity contribution in [3.8, 4) is 0 Å². The van der Waals surface area contributed by atoms with Gasteiger partial charge in [-0.15, -0.1) is 0 Å². The summed E-state index contributed by atoms with van der Waals surface area (Å²) in [4.78, 5) is 26.1. The van der Waals surface area contributed by atoms with E-state index in [1.807, 2.05) is 0 Å². The molecular weight excluding hydrogens is 719 g/mol. The maximum absolute atomic E-state index is 13.2. The Balaban J connectivity index is 4.53. The lowest BCUT2D eigenvalue weighted by molar-refractivity contribution is -0.151. The minimum absolute atomic E-state index is 0.0637. The van der Waals surface area contributed by atoms with Gasteiger partial charge in [0, 0.05) is 6.42 Å². The predicted molar refractivity (Wildman–Crippen MR) is 250 cm³/mol. The average Bonchev–Trinajstić information content (AvgIpc) is 3.22. The second-order valence-corrected chi connectivity index (χ2v) is 17.9. The van der Waals surface area contributed by atoms with E-state index in [0.29, 0.717) is 19.3 Å². The van der Waals surface area contributed by atoms with Crippen LogP contribution in [0.15, 0.2) is 12.2 Å². The summed E-state index contributed by atoms with van der Waals surface area (Å²) in [6.07, 6.45) is 51.3. The highest BCUT2D eigenvalue weighted by Crippen LogP contribution is 2.18. The first kappa shape index (κ1) is 56.6. The van der Waals surface area contributed by atoms with E-state index in [9.17, 15) is 19.8 Å². The highest BCUT2D eigenvalue weighted by atomic mass is 16.5. The summed E-state index contributed by atoms with van der Waals surface area (Å²) < 4.78 is 5.91. The first-order valence-electron chi connectivity index (χ1n) is 25.9. The molecule has 3 N–H and O–H groups in total. The Morgan fingerprint density at radius 3 is 1.26 bits per heavy atom. The Bertz CT molecular complexity index is 878. The van der Waals surface area contributed by atoms with E-state index in [1.54, 1.807) is 0 Å². The Morgan fingerprint density at radius 2 is 0.845 bits per heavy atom. The number of unbranched alkanes of at least 4 members (excludes halogenated alkanes) is 33.